The predicted octanol–water partition coefficient (Wildman–Crippen LogP) is 3.46. The van der Waals surface area contributed by atoms with Crippen molar-refractivity contribution in [1.82, 2.24) is 14.9 Å². The average Bonchev–Trinajstić information content (AvgIpc) is 3.08. The van der Waals surface area contributed by atoms with Crippen LogP contribution in [0.15, 0.2) is 41.5 Å². The quantitative estimate of drug-likeness (QED) is 0.724. The topological polar surface area (TPSA) is 64.0 Å². The normalized spacial score (nSPS) is 12.3. The van der Waals surface area contributed by atoms with Crippen molar-refractivity contribution < 1.29 is 4.79 Å². The lowest BCUT2D eigenvalue weighted by Crippen LogP contribution is -2.33. The van der Waals surface area contributed by atoms with E-state index < -0.39 is 0 Å². The zero-order valence-corrected chi connectivity index (χ0v) is 16.1. The van der Waals surface area contributed by atoms with E-state index in [0.717, 1.165) is 28.1 Å². The minimum atomic E-state index is -0.203. The van der Waals surface area contributed by atoms with Gasteiger partial charge < -0.3 is 5.32 Å². The second kappa shape index (κ2) is 7.83. The molecule has 1 amide bonds. The van der Waals surface area contributed by atoms with Crippen LogP contribution in [-0.4, -0.2) is 15.5 Å². The van der Waals surface area contributed by atoms with Crippen molar-refractivity contribution in [3.63, 3.8) is 0 Å². The lowest BCUT2D eigenvalue weighted by Gasteiger charge is -2.15. The Hall–Kier alpha value is -2.47. The molecule has 0 saturated heterocycles. The van der Waals surface area contributed by atoms with E-state index in [1.54, 1.807) is 0 Å². The van der Waals surface area contributed by atoms with Crippen molar-refractivity contribution in [2.45, 2.75) is 46.2 Å². The van der Waals surface area contributed by atoms with Gasteiger partial charge in [0.2, 0.25) is 5.91 Å². The molecule has 1 aromatic carbocycles. The standard InChI is InChI=1S/C20H23N3O2S/c1-4-14-6-8-15(9-7-14)13(3)22-18(24)11-23-12-21-19-17(20(23)25)10-16(5-2)26-19/h6-10,12-13H,4-5,11H2,1-3H3,(H,22,24)/t13-/m0/s1. The number of nitrogens with one attached hydrogen (secondary N) is 1. The molecular formula is C20H23N3O2S. The first-order chi connectivity index (χ1) is 12.5. The number of rotatable bonds is 6. The molecule has 0 spiro atoms. The third-order valence-corrected chi connectivity index (χ3v) is 5.68. The summed E-state index contributed by atoms with van der Waals surface area (Å²) >= 11 is 1.52. The summed E-state index contributed by atoms with van der Waals surface area (Å²) in [5.74, 6) is -0.203. The van der Waals surface area contributed by atoms with Gasteiger partial charge in [0, 0.05) is 4.88 Å². The van der Waals surface area contributed by atoms with Crippen LogP contribution in [0.5, 0.6) is 0 Å². The molecular weight excluding hydrogens is 346 g/mol. The van der Waals surface area contributed by atoms with Crippen molar-refractivity contribution in [3.8, 4) is 0 Å². The minimum Gasteiger partial charge on any atom is -0.348 e. The molecule has 0 bridgehead atoms. The maximum atomic E-state index is 12.6. The zero-order valence-electron chi connectivity index (χ0n) is 15.3. The first kappa shape index (κ1) is 18.3. The summed E-state index contributed by atoms with van der Waals surface area (Å²) in [6.07, 6.45) is 3.32. The lowest BCUT2D eigenvalue weighted by atomic mass is 10.1. The van der Waals surface area contributed by atoms with E-state index in [-0.39, 0.29) is 24.1 Å². The lowest BCUT2D eigenvalue weighted by molar-refractivity contribution is -0.122. The Morgan fingerprint density at radius 3 is 2.62 bits per heavy atom. The first-order valence-electron chi connectivity index (χ1n) is 8.87. The van der Waals surface area contributed by atoms with E-state index in [4.69, 9.17) is 0 Å². The van der Waals surface area contributed by atoms with Crippen molar-refractivity contribution in [3.05, 3.63) is 63.0 Å². The predicted molar refractivity (Wildman–Crippen MR) is 106 cm³/mol. The molecule has 1 atom stereocenters. The summed E-state index contributed by atoms with van der Waals surface area (Å²) in [6, 6.07) is 9.96. The smallest absolute Gasteiger partial charge is 0.262 e. The van der Waals surface area contributed by atoms with Crippen LogP contribution in [0.4, 0.5) is 0 Å². The summed E-state index contributed by atoms with van der Waals surface area (Å²) in [6.45, 7) is 6.07. The number of amides is 1. The van der Waals surface area contributed by atoms with Crippen LogP contribution in [0.1, 0.15) is 42.8 Å². The molecule has 0 aliphatic heterocycles. The van der Waals surface area contributed by atoms with Gasteiger partial charge in [-0.25, -0.2) is 4.98 Å². The van der Waals surface area contributed by atoms with Crippen molar-refractivity contribution in [2.75, 3.05) is 0 Å². The van der Waals surface area contributed by atoms with Crippen LogP contribution >= 0.6 is 11.3 Å². The molecule has 3 aromatic rings. The molecule has 0 aliphatic rings. The number of nitrogens with zero attached hydrogens (tertiary/aromatic N) is 2. The highest BCUT2D eigenvalue weighted by atomic mass is 32.1. The van der Waals surface area contributed by atoms with Gasteiger partial charge in [-0.05, 0) is 37.0 Å². The molecule has 26 heavy (non-hydrogen) atoms. The molecule has 0 aliphatic carbocycles. The molecule has 1 N–H and O–H groups in total. The fourth-order valence-electron chi connectivity index (χ4n) is 2.86. The van der Waals surface area contributed by atoms with E-state index in [1.165, 1.54) is 27.8 Å². The Labute approximate surface area is 156 Å². The number of fused-ring (bicyclic) bond motifs is 1. The van der Waals surface area contributed by atoms with E-state index >= 15 is 0 Å². The molecule has 5 nitrogen and oxygen atoms in total. The molecule has 0 unspecified atom stereocenters. The Kier molecular flexibility index (Phi) is 5.52. The molecule has 2 heterocycles. The van der Waals surface area contributed by atoms with Gasteiger partial charge in [0.15, 0.2) is 0 Å². The highest BCUT2D eigenvalue weighted by Gasteiger charge is 2.13. The van der Waals surface area contributed by atoms with Crippen LogP contribution < -0.4 is 10.9 Å². The fourth-order valence-corrected chi connectivity index (χ4v) is 3.79. The highest BCUT2D eigenvalue weighted by Crippen LogP contribution is 2.21. The van der Waals surface area contributed by atoms with E-state index in [9.17, 15) is 9.59 Å². The molecule has 3 rings (SSSR count). The maximum Gasteiger partial charge on any atom is 0.262 e. The third-order valence-electron chi connectivity index (χ3n) is 4.50. The second-order valence-electron chi connectivity index (χ2n) is 6.35. The van der Waals surface area contributed by atoms with Crippen LogP contribution in [0.25, 0.3) is 10.2 Å². The van der Waals surface area contributed by atoms with Gasteiger partial charge >= 0.3 is 0 Å². The summed E-state index contributed by atoms with van der Waals surface area (Å²) in [5.41, 5.74) is 2.14. The molecule has 0 saturated carbocycles. The number of aromatic nitrogens is 2. The first-order valence-corrected chi connectivity index (χ1v) is 9.69. The average molecular weight is 369 g/mol. The molecule has 0 fully saturated rings. The van der Waals surface area contributed by atoms with Crippen molar-refractivity contribution in [2.24, 2.45) is 0 Å². The monoisotopic (exact) mass is 369 g/mol. The number of hydrogen-bond donors (Lipinski definition) is 1. The number of carbonyl (C=O) groups is 1. The van der Waals surface area contributed by atoms with Crippen LogP contribution in [0, 0.1) is 0 Å². The number of hydrogen-bond acceptors (Lipinski definition) is 4. The second-order valence-corrected chi connectivity index (χ2v) is 7.46. The maximum absolute atomic E-state index is 12.6. The van der Waals surface area contributed by atoms with Gasteiger partial charge in [-0.2, -0.15) is 0 Å². The van der Waals surface area contributed by atoms with Crippen molar-refractivity contribution >= 4 is 27.5 Å². The van der Waals surface area contributed by atoms with Gasteiger partial charge in [-0.1, -0.05) is 38.1 Å². The van der Waals surface area contributed by atoms with E-state index in [1.807, 2.05) is 32.0 Å². The summed E-state index contributed by atoms with van der Waals surface area (Å²) in [5, 5.41) is 3.54. The van der Waals surface area contributed by atoms with Crippen LogP contribution in [0.2, 0.25) is 0 Å². The Morgan fingerprint density at radius 2 is 1.96 bits per heavy atom. The molecule has 2 aromatic heterocycles. The minimum absolute atomic E-state index is 0.0313. The highest BCUT2D eigenvalue weighted by molar-refractivity contribution is 7.18. The van der Waals surface area contributed by atoms with Crippen molar-refractivity contribution in [1.29, 1.82) is 0 Å². The van der Waals surface area contributed by atoms with Gasteiger partial charge in [0.1, 0.15) is 11.4 Å². The molecule has 6 heteroatoms. The Bertz CT molecular complexity index is 973. The molecule has 136 valence electrons. The number of carbonyl (C=O) groups excluding carboxylic acids is 1. The van der Waals surface area contributed by atoms with E-state index in [2.05, 4.69) is 29.4 Å². The van der Waals surface area contributed by atoms with Crippen LogP contribution in [-0.2, 0) is 24.2 Å². The fraction of sp³-hybridized carbons (Fsp3) is 0.350. The van der Waals surface area contributed by atoms with E-state index in [0.29, 0.717) is 5.39 Å². The van der Waals surface area contributed by atoms with Gasteiger partial charge in [-0.3, -0.25) is 14.2 Å². The number of aryl methyl sites for hydroxylation is 2. The van der Waals surface area contributed by atoms with Gasteiger partial charge in [0.05, 0.1) is 17.8 Å². The van der Waals surface area contributed by atoms with Gasteiger partial charge in [0.25, 0.3) is 5.56 Å². The number of benzene rings is 1. The summed E-state index contributed by atoms with van der Waals surface area (Å²) in [4.78, 5) is 31.1. The third kappa shape index (κ3) is 3.85. The van der Waals surface area contributed by atoms with Crippen LogP contribution in [0.3, 0.4) is 0 Å². The van der Waals surface area contributed by atoms with Gasteiger partial charge in [-0.15, -0.1) is 11.3 Å². The summed E-state index contributed by atoms with van der Waals surface area (Å²) < 4.78 is 1.37. The Balaban J connectivity index is 1.72. The number of thiophene rings is 1. The Morgan fingerprint density at radius 1 is 1.23 bits per heavy atom. The SMILES string of the molecule is CCc1ccc([C@H](C)NC(=O)Cn2cnc3sc(CC)cc3c2=O)cc1. The summed E-state index contributed by atoms with van der Waals surface area (Å²) in [7, 11) is 0. The zero-order chi connectivity index (χ0) is 18.7. The largest absolute Gasteiger partial charge is 0.348 e. The molecule has 0 radical (unpaired) electrons.